The van der Waals surface area contributed by atoms with Crippen LogP contribution in [0.2, 0.25) is 0 Å². The molecule has 0 bridgehead atoms. The maximum absolute atomic E-state index is 13.4. The minimum Gasteiger partial charge on any atom is -0.300 e. The Morgan fingerprint density at radius 1 is 0.923 bits per heavy atom. The van der Waals surface area contributed by atoms with Crippen molar-refractivity contribution in [1.29, 1.82) is 0 Å². The molecule has 0 aromatic carbocycles. The number of rotatable bonds is 7. The summed E-state index contributed by atoms with van der Waals surface area (Å²) in [4.78, 5) is 3.66. The van der Waals surface area contributed by atoms with Crippen molar-refractivity contribution < 1.29 is 13.2 Å². The SMILES string of the molecule is CC(C)CC1CCC(CCCN2CCN(C(C)C)C(C(F)(F)F)C2)CC1. The van der Waals surface area contributed by atoms with Gasteiger partial charge >= 0.3 is 6.18 Å². The molecule has 1 heterocycles. The van der Waals surface area contributed by atoms with E-state index in [1.54, 1.807) is 4.90 Å². The third-order valence-corrected chi connectivity index (χ3v) is 6.40. The molecule has 0 amide bonds. The van der Waals surface area contributed by atoms with Gasteiger partial charge in [0, 0.05) is 25.7 Å². The summed E-state index contributed by atoms with van der Waals surface area (Å²) in [7, 11) is 0. The van der Waals surface area contributed by atoms with E-state index in [-0.39, 0.29) is 12.6 Å². The summed E-state index contributed by atoms with van der Waals surface area (Å²) in [5.74, 6) is 2.50. The van der Waals surface area contributed by atoms with Gasteiger partial charge in [-0.15, -0.1) is 0 Å². The number of alkyl halides is 3. The highest BCUT2D eigenvalue weighted by molar-refractivity contribution is 4.89. The van der Waals surface area contributed by atoms with Crippen molar-refractivity contribution in [2.45, 2.75) is 90.9 Å². The average Bonchev–Trinajstić information content (AvgIpc) is 2.55. The summed E-state index contributed by atoms with van der Waals surface area (Å²) in [6.07, 6.45) is 4.82. The average molecular weight is 377 g/mol. The molecular formula is C21H39F3N2. The molecule has 2 aliphatic rings. The lowest BCUT2D eigenvalue weighted by atomic mass is 9.77. The van der Waals surface area contributed by atoms with Crippen LogP contribution in [0.1, 0.15) is 72.6 Å². The van der Waals surface area contributed by atoms with E-state index in [1.807, 2.05) is 18.7 Å². The minimum atomic E-state index is -4.13. The first kappa shape index (κ1) is 22.0. The Morgan fingerprint density at radius 3 is 2.08 bits per heavy atom. The second-order valence-electron chi connectivity index (χ2n) is 9.35. The van der Waals surface area contributed by atoms with Gasteiger partial charge in [-0.05, 0) is 57.4 Å². The van der Waals surface area contributed by atoms with Crippen molar-refractivity contribution in [2.24, 2.45) is 17.8 Å². The largest absolute Gasteiger partial charge is 0.405 e. The van der Waals surface area contributed by atoms with Crippen LogP contribution in [0.15, 0.2) is 0 Å². The van der Waals surface area contributed by atoms with Gasteiger partial charge in [0.25, 0.3) is 0 Å². The summed E-state index contributed by atoms with van der Waals surface area (Å²) in [5.41, 5.74) is 0. The molecule has 0 radical (unpaired) electrons. The van der Waals surface area contributed by atoms with Crippen molar-refractivity contribution in [1.82, 2.24) is 9.80 Å². The van der Waals surface area contributed by atoms with Gasteiger partial charge in [-0.2, -0.15) is 13.2 Å². The third-order valence-electron chi connectivity index (χ3n) is 6.40. The van der Waals surface area contributed by atoms with E-state index in [0.29, 0.717) is 6.54 Å². The lowest BCUT2D eigenvalue weighted by Crippen LogP contribution is -2.60. The van der Waals surface area contributed by atoms with E-state index in [1.165, 1.54) is 38.5 Å². The Labute approximate surface area is 158 Å². The fourth-order valence-corrected chi connectivity index (χ4v) is 4.99. The van der Waals surface area contributed by atoms with Crippen LogP contribution >= 0.6 is 0 Å². The molecule has 0 aromatic heterocycles. The van der Waals surface area contributed by atoms with Crippen molar-refractivity contribution in [3.63, 3.8) is 0 Å². The number of hydrogen-bond donors (Lipinski definition) is 0. The summed E-state index contributed by atoms with van der Waals surface area (Å²) in [6.45, 7) is 10.6. The topological polar surface area (TPSA) is 6.48 Å². The summed E-state index contributed by atoms with van der Waals surface area (Å²) >= 11 is 0. The molecule has 1 unspecified atom stereocenters. The standard InChI is InChI=1S/C21H39F3N2/c1-16(2)14-19-9-7-18(8-10-19)6-5-11-25-12-13-26(17(3)4)20(15-25)21(22,23)24/h16-20H,5-15H2,1-4H3. The highest BCUT2D eigenvalue weighted by atomic mass is 19.4. The maximum atomic E-state index is 13.4. The van der Waals surface area contributed by atoms with E-state index >= 15 is 0 Å². The quantitative estimate of drug-likeness (QED) is 0.573. The zero-order valence-electron chi connectivity index (χ0n) is 17.2. The molecule has 1 saturated heterocycles. The highest BCUT2D eigenvalue weighted by Gasteiger charge is 2.46. The van der Waals surface area contributed by atoms with Crippen LogP contribution in [-0.4, -0.2) is 54.2 Å². The Bertz CT molecular complexity index is 401. The second kappa shape index (κ2) is 9.77. The summed E-state index contributed by atoms with van der Waals surface area (Å²) < 4.78 is 40.2. The van der Waals surface area contributed by atoms with Gasteiger partial charge in [0.1, 0.15) is 6.04 Å². The van der Waals surface area contributed by atoms with Gasteiger partial charge in [-0.1, -0.05) is 39.5 Å². The lowest BCUT2D eigenvalue weighted by molar-refractivity contribution is -0.202. The molecule has 1 aliphatic carbocycles. The fraction of sp³-hybridized carbons (Fsp3) is 1.00. The third kappa shape index (κ3) is 6.70. The highest BCUT2D eigenvalue weighted by Crippen LogP contribution is 2.35. The molecule has 1 atom stereocenters. The predicted octanol–water partition coefficient (Wildman–Crippen LogP) is 5.58. The van der Waals surface area contributed by atoms with Gasteiger partial charge in [0.15, 0.2) is 0 Å². The van der Waals surface area contributed by atoms with Crippen LogP contribution in [0.5, 0.6) is 0 Å². The second-order valence-corrected chi connectivity index (χ2v) is 9.35. The first-order valence-electron chi connectivity index (χ1n) is 10.7. The lowest BCUT2D eigenvalue weighted by Gasteiger charge is -2.44. The molecule has 1 aliphatic heterocycles. The van der Waals surface area contributed by atoms with Crippen molar-refractivity contribution in [3.8, 4) is 0 Å². The Morgan fingerprint density at radius 2 is 1.54 bits per heavy atom. The molecule has 2 rings (SSSR count). The molecule has 1 saturated carbocycles. The monoisotopic (exact) mass is 376 g/mol. The number of piperazine rings is 1. The molecule has 154 valence electrons. The Balaban J connectivity index is 1.70. The molecule has 0 N–H and O–H groups in total. The van der Waals surface area contributed by atoms with Crippen LogP contribution in [0.4, 0.5) is 13.2 Å². The van der Waals surface area contributed by atoms with Crippen LogP contribution in [-0.2, 0) is 0 Å². The van der Waals surface area contributed by atoms with Crippen LogP contribution < -0.4 is 0 Å². The molecule has 5 heteroatoms. The van der Waals surface area contributed by atoms with Crippen molar-refractivity contribution in [2.75, 3.05) is 26.2 Å². The summed E-state index contributed by atoms with van der Waals surface area (Å²) in [6, 6.07) is -1.35. The number of nitrogens with zero attached hydrogens (tertiary/aromatic N) is 2. The number of hydrogen-bond acceptors (Lipinski definition) is 2. The predicted molar refractivity (Wildman–Crippen MR) is 102 cm³/mol. The molecule has 26 heavy (non-hydrogen) atoms. The van der Waals surface area contributed by atoms with Crippen molar-refractivity contribution >= 4 is 0 Å². The van der Waals surface area contributed by atoms with E-state index in [4.69, 9.17) is 0 Å². The fourth-order valence-electron chi connectivity index (χ4n) is 4.99. The van der Waals surface area contributed by atoms with Gasteiger partial charge in [-0.25, -0.2) is 0 Å². The smallest absolute Gasteiger partial charge is 0.300 e. The molecular weight excluding hydrogens is 337 g/mol. The zero-order valence-corrected chi connectivity index (χ0v) is 17.2. The van der Waals surface area contributed by atoms with Gasteiger partial charge in [-0.3, -0.25) is 4.90 Å². The first-order chi connectivity index (χ1) is 12.2. The van der Waals surface area contributed by atoms with E-state index < -0.39 is 12.2 Å². The molecule has 2 nitrogen and oxygen atoms in total. The normalized spacial score (nSPS) is 29.7. The molecule has 0 aromatic rings. The van der Waals surface area contributed by atoms with Gasteiger partial charge in [0.2, 0.25) is 0 Å². The van der Waals surface area contributed by atoms with Crippen LogP contribution in [0.3, 0.4) is 0 Å². The maximum Gasteiger partial charge on any atom is 0.405 e. The van der Waals surface area contributed by atoms with Gasteiger partial charge < -0.3 is 4.90 Å². The summed E-state index contributed by atoms with van der Waals surface area (Å²) in [5, 5.41) is 0. The Hall–Kier alpha value is -0.290. The van der Waals surface area contributed by atoms with Crippen molar-refractivity contribution in [3.05, 3.63) is 0 Å². The minimum absolute atomic E-state index is 0.0511. The Kier molecular flexibility index (Phi) is 8.27. The molecule has 0 spiro atoms. The molecule has 2 fully saturated rings. The van der Waals surface area contributed by atoms with Gasteiger partial charge in [0.05, 0.1) is 0 Å². The van der Waals surface area contributed by atoms with E-state index in [9.17, 15) is 13.2 Å². The zero-order chi connectivity index (χ0) is 19.3. The van der Waals surface area contributed by atoms with Crippen LogP contribution in [0.25, 0.3) is 0 Å². The van der Waals surface area contributed by atoms with Crippen LogP contribution in [0, 0.1) is 17.8 Å². The first-order valence-corrected chi connectivity index (χ1v) is 10.7. The number of halogens is 3. The van der Waals surface area contributed by atoms with E-state index in [2.05, 4.69) is 13.8 Å². The van der Waals surface area contributed by atoms with E-state index in [0.717, 1.165) is 37.3 Å².